The molecule has 2 aliphatic rings. The monoisotopic (exact) mass is 365 g/mol. The topological polar surface area (TPSA) is 28.6 Å². The van der Waals surface area contributed by atoms with Gasteiger partial charge in [0.2, 0.25) is 0 Å². The number of hydrogen-bond acceptors (Lipinski definition) is 5. The molecule has 0 spiro atoms. The summed E-state index contributed by atoms with van der Waals surface area (Å²) in [6.45, 7) is 4.97. The highest BCUT2D eigenvalue weighted by atomic mass is 32.1. The molecule has 134 valence electrons. The molecule has 5 heteroatoms. The molecule has 0 saturated carbocycles. The van der Waals surface area contributed by atoms with Gasteiger partial charge in [-0.1, -0.05) is 30.3 Å². The number of hydrogen-bond donors (Lipinski definition) is 0. The van der Waals surface area contributed by atoms with Crippen LogP contribution in [0.1, 0.15) is 12.0 Å². The predicted octanol–water partition coefficient (Wildman–Crippen LogP) is 3.78. The number of nitrogens with zero attached hydrogens (tertiary/aromatic N) is 3. The van der Waals surface area contributed by atoms with Gasteiger partial charge in [0.1, 0.15) is 5.82 Å². The van der Waals surface area contributed by atoms with E-state index in [9.17, 15) is 0 Å². The van der Waals surface area contributed by atoms with Crippen LogP contribution in [0.3, 0.4) is 0 Å². The molecular weight excluding hydrogens is 342 g/mol. The van der Waals surface area contributed by atoms with Crippen LogP contribution in [0.15, 0.2) is 54.0 Å². The van der Waals surface area contributed by atoms with E-state index in [1.54, 1.807) is 11.3 Å². The minimum atomic E-state index is 0.339. The first-order chi connectivity index (χ1) is 12.9. The second-order valence-corrected chi connectivity index (χ2v) is 8.14. The highest BCUT2D eigenvalue weighted by Gasteiger charge is 2.37. The average Bonchev–Trinajstić information content (AvgIpc) is 3.32. The van der Waals surface area contributed by atoms with Crippen LogP contribution >= 0.6 is 11.3 Å². The molecule has 2 fully saturated rings. The third-order valence-corrected chi connectivity index (χ3v) is 6.48. The number of thiophene rings is 1. The van der Waals surface area contributed by atoms with Crippen molar-refractivity contribution in [3.63, 3.8) is 0 Å². The molecule has 3 aromatic rings. The van der Waals surface area contributed by atoms with Gasteiger partial charge < -0.3 is 9.64 Å². The summed E-state index contributed by atoms with van der Waals surface area (Å²) in [4.78, 5) is 9.77. The number of rotatable bonds is 4. The summed E-state index contributed by atoms with van der Waals surface area (Å²) in [5.41, 5.74) is 1.26. The molecule has 0 radical (unpaired) electrons. The van der Waals surface area contributed by atoms with Gasteiger partial charge in [-0.05, 0) is 34.9 Å². The first kappa shape index (κ1) is 16.2. The fourth-order valence-electron chi connectivity index (χ4n) is 4.20. The van der Waals surface area contributed by atoms with Crippen LogP contribution in [0.2, 0.25) is 0 Å². The lowest BCUT2D eigenvalue weighted by Gasteiger charge is -2.38. The molecule has 0 N–H and O–H groups in total. The highest BCUT2D eigenvalue weighted by Crippen LogP contribution is 2.32. The molecule has 0 aliphatic carbocycles. The van der Waals surface area contributed by atoms with Crippen LogP contribution in [0, 0.1) is 0 Å². The van der Waals surface area contributed by atoms with Crippen LogP contribution in [0.25, 0.3) is 10.1 Å². The Bertz CT molecular complexity index is 881. The number of pyridine rings is 1. The summed E-state index contributed by atoms with van der Waals surface area (Å²) >= 11 is 1.80. The van der Waals surface area contributed by atoms with Crippen molar-refractivity contribution in [3.05, 3.63) is 59.6 Å². The van der Waals surface area contributed by atoms with E-state index in [-0.39, 0.29) is 0 Å². The summed E-state index contributed by atoms with van der Waals surface area (Å²) in [6.07, 6.45) is 3.40. The zero-order valence-electron chi connectivity index (χ0n) is 14.8. The van der Waals surface area contributed by atoms with E-state index < -0.39 is 0 Å². The maximum atomic E-state index is 6.21. The molecule has 2 saturated heterocycles. The SMILES string of the molecule is c1ccc(CO[C@@H]2CC3CN(c4nccc5ccsc45)CCN3C2)cc1. The fraction of sp³-hybridized carbons (Fsp3) is 0.381. The number of benzene rings is 1. The molecule has 4 heterocycles. The fourth-order valence-corrected chi connectivity index (χ4v) is 5.11. The van der Waals surface area contributed by atoms with E-state index in [1.807, 2.05) is 6.20 Å². The minimum Gasteiger partial charge on any atom is -0.372 e. The Hall–Kier alpha value is -1.95. The lowest BCUT2D eigenvalue weighted by atomic mass is 10.1. The van der Waals surface area contributed by atoms with Crippen molar-refractivity contribution >= 4 is 27.2 Å². The Balaban J connectivity index is 1.25. The summed E-state index contributed by atoms with van der Waals surface area (Å²) in [5, 5.41) is 3.47. The average molecular weight is 366 g/mol. The molecule has 0 bridgehead atoms. The first-order valence-corrected chi connectivity index (χ1v) is 10.2. The van der Waals surface area contributed by atoms with Gasteiger partial charge in [-0.15, -0.1) is 11.3 Å². The van der Waals surface area contributed by atoms with E-state index in [1.165, 1.54) is 15.6 Å². The van der Waals surface area contributed by atoms with Gasteiger partial charge in [-0.3, -0.25) is 4.90 Å². The van der Waals surface area contributed by atoms with Crippen LogP contribution in [-0.2, 0) is 11.3 Å². The summed E-state index contributed by atoms with van der Waals surface area (Å²) in [7, 11) is 0. The predicted molar refractivity (Wildman–Crippen MR) is 107 cm³/mol. The Morgan fingerprint density at radius 1 is 1.08 bits per heavy atom. The molecule has 1 aromatic carbocycles. The van der Waals surface area contributed by atoms with E-state index >= 15 is 0 Å². The molecule has 0 amide bonds. The van der Waals surface area contributed by atoms with Gasteiger partial charge in [-0.2, -0.15) is 0 Å². The number of aromatic nitrogens is 1. The van der Waals surface area contributed by atoms with Gasteiger partial charge in [0, 0.05) is 38.4 Å². The quantitative estimate of drug-likeness (QED) is 0.704. The second-order valence-electron chi connectivity index (χ2n) is 7.22. The first-order valence-electron chi connectivity index (χ1n) is 9.33. The third-order valence-electron chi connectivity index (χ3n) is 5.56. The van der Waals surface area contributed by atoms with Gasteiger partial charge in [-0.25, -0.2) is 4.98 Å². The standard InChI is InChI=1S/C21H23N3OS/c1-2-4-16(5-3-1)15-25-19-12-18-13-24(10-9-23(18)14-19)21-20-17(6-8-22-21)7-11-26-20/h1-8,11,18-19H,9-10,12-15H2/t18?,19-/m1/s1. The van der Waals surface area contributed by atoms with Crippen molar-refractivity contribution in [2.75, 3.05) is 31.1 Å². The van der Waals surface area contributed by atoms with Crippen molar-refractivity contribution < 1.29 is 4.74 Å². The second kappa shape index (κ2) is 6.99. The lowest BCUT2D eigenvalue weighted by molar-refractivity contribution is 0.0469. The molecule has 4 nitrogen and oxygen atoms in total. The normalized spacial score (nSPS) is 23.5. The van der Waals surface area contributed by atoms with Crippen LogP contribution in [0.4, 0.5) is 5.82 Å². The molecular formula is C21H23N3OS. The van der Waals surface area contributed by atoms with Crippen LogP contribution < -0.4 is 4.90 Å². The largest absolute Gasteiger partial charge is 0.372 e. The molecule has 2 atom stereocenters. The molecule has 2 aromatic heterocycles. The molecule has 5 rings (SSSR count). The Kier molecular flexibility index (Phi) is 4.36. The zero-order valence-corrected chi connectivity index (χ0v) is 15.6. The van der Waals surface area contributed by atoms with E-state index in [4.69, 9.17) is 9.72 Å². The van der Waals surface area contributed by atoms with Gasteiger partial charge in [0.15, 0.2) is 0 Å². The van der Waals surface area contributed by atoms with E-state index in [0.717, 1.165) is 38.4 Å². The number of fused-ring (bicyclic) bond motifs is 2. The summed E-state index contributed by atoms with van der Waals surface area (Å²) in [5.74, 6) is 1.16. The summed E-state index contributed by atoms with van der Waals surface area (Å²) < 4.78 is 7.52. The van der Waals surface area contributed by atoms with Crippen molar-refractivity contribution in [3.8, 4) is 0 Å². The number of anilines is 1. The van der Waals surface area contributed by atoms with Crippen molar-refractivity contribution in [1.29, 1.82) is 0 Å². The van der Waals surface area contributed by atoms with Crippen molar-refractivity contribution in [1.82, 2.24) is 9.88 Å². The molecule has 26 heavy (non-hydrogen) atoms. The number of piperazine rings is 1. The Labute approximate surface area is 158 Å². The van der Waals surface area contributed by atoms with Crippen LogP contribution in [0.5, 0.6) is 0 Å². The third kappa shape index (κ3) is 3.11. The highest BCUT2D eigenvalue weighted by molar-refractivity contribution is 7.17. The Morgan fingerprint density at radius 3 is 2.92 bits per heavy atom. The van der Waals surface area contributed by atoms with Crippen LogP contribution in [-0.4, -0.2) is 48.2 Å². The maximum Gasteiger partial charge on any atom is 0.146 e. The zero-order chi connectivity index (χ0) is 17.3. The van der Waals surface area contributed by atoms with Gasteiger partial charge in [0.05, 0.1) is 17.4 Å². The van der Waals surface area contributed by atoms with E-state index in [2.05, 4.69) is 57.6 Å². The Morgan fingerprint density at radius 2 is 2.00 bits per heavy atom. The summed E-state index contributed by atoms with van der Waals surface area (Å²) in [6, 6.07) is 15.3. The molecule has 2 aliphatic heterocycles. The minimum absolute atomic E-state index is 0.339. The maximum absolute atomic E-state index is 6.21. The van der Waals surface area contributed by atoms with E-state index in [0.29, 0.717) is 18.8 Å². The van der Waals surface area contributed by atoms with Gasteiger partial charge >= 0.3 is 0 Å². The van der Waals surface area contributed by atoms with Crippen molar-refractivity contribution in [2.45, 2.75) is 25.2 Å². The lowest BCUT2D eigenvalue weighted by Crippen LogP contribution is -2.50. The molecule has 1 unspecified atom stereocenters. The smallest absolute Gasteiger partial charge is 0.146 e. The van der Waals surface area contributed by atoms with Gasteiger partial charge in [0.25, 0.3) is 0 Å². The number of ether oxygens (including phenoxy) is 1. The van der Waals surface area contributed by atoms with Crippen molar-refractivity contribution in [2.24, 2.45) is 0 Å².